The topological polar surface area (TPSA) is 79.8 Å². The molecule has 1 N–H and O–H groups in total. The Balaban J connectivity index is 1.28. The van der Waals surface area contributed by atoms with E-state index >= 15 is 0 Å². The minimum atomic E-state index is -0.518. The summed E-state index contributed by atoms with van der Waals surface area (Å²) in [5.41, 5.74) is 0.854. The van der Waals surface area contributed by atoms with Crippen LogP contribution < -0.4 is 15.0 Å². The largest absolute Gasteiger partial charge is 0.484 e. The van der Waals surface area contributed by atoms with Gasteiger partial charge in [-0.3, -0.25) is 9.69 Å². The van der Waals surface area contributed by atoms with Gasteiger partial charge < -0.3 is 19.7 Å². The van der Waals surface area contributed by atoms with E-state index < -0.39 is 5.95 Å². The van der Waals surface area contributed by atoms with Gasteiger partial charge in [0.1, 0.15) is 17.2 Å². The number of hydrogen-bond donors (Lipinski definition) is 1. The zero-order chi connectivity index (χ0) is 23.3. The van der Waals surface area contributed by atoms with Crippen LogP contribution in [0.15, 0.2) is 12.3 Å². The third kappa shape index (κ3) is 4.56. The minimum absolute atomic E-state index is 0.175. The van der Waals surface area contributed by atoms with Crippen LogP contribution in [0.2, 0.25) is 0 Å². The minimum Gasteiger partial charge on any atom is -0.484 e. The molecular weight excluding hydrogens is 445 g/mol. The molecule has 1 amide bonds. The third-order valence-corrected chi connectivity index (χ3v) is 7.51. The van der Waals surface area contributed by atoms with Crippen LogP contribution >= 0.6 is 11.3 Å². The van der Waals surface area contributed by atoms with E-state index in [9.17, 15) is 9.18 Å². The van der Waals surface area contributed by atoms with Crippen molar-refractivity contribution in [2.24, 2.45) is 0 Å². The third-order valence-electron chi connectivity index (χ3n) is 6.58. The molecule has 3 aliphatic rings. The van der Waals surface area contributed by atoms with Crippen molar-refractivity contribution in [3.63, 3.8) is 0 Å². The molecule has 2 fully saturated rings. The van der Waals surface area contributed by atoms with Crippen LogP contribution in [0.1, 0.15) is 44.6 Å². The lowest BCUT2D eigenvalue weighted by Gasteiger charge is -2.36. The van der Waals surface area contributed by atoms with E-state index in [1.807, 2.05) is 6.20 Å². The van der Waals surface area contributed by atoms with Gasteiger partial charge in [-0.1, -0.05) is 11.3 Å². The number of carbonyl (C=O) groups is 1. The van der Waals surface area contributed by atoms with E-state index in [2.05, 4.69) is 51.9 Å². The van der Waals surface area contributed by atoms with E-state index in [0.717, 1.165) is 37.5 Å². The molecule has 10 heteroatoms. The Bertz CT molecular complexity index is 1050. The second-order valence-corrected chi connectivity index (χ2v) is 10.7. The van der Waals surface area contributed by atoms with Gasteiger partial charge >= 0.3 is 0 Å². The van der Waals surface area contributed by atoms with Crippen molar-refractivity contribution in [3.8, 4) is 5.75 Å². The van der Waals surface area contributed by atoms with E-state index in [1.165, 1.54) is 23.8 Å². The number of morpholine rings is 1. The zero-order valence-electron chi connectivity index (χ0n) is 19.4. The number of nitrogens with one attached hydrogen (secondary N) is 1. The van der Waals surface area contributed by atoms with Crippen molar-refractivity contribution in [2.75, 3.05) is 29.9 Å². The van der Waals surface area contributed by atoms with Crippen molar-refractivity contribution in [3.05, 3.63) is 28.7 Å². The van der Waals surface area contributed by atoms with Gasteiger partial charge in [-0.05, 0) is 26.8 Å². The highest BCUT2D eigenvalue weighted by Gasteiger charge is 2.48. The van der Waals surface area contributed by atoms with Gasteiger partial charge in [0.2, 0.25) is 11.9 Å². The summed E-state index contributed by atoms with van der Waals surface area (Å²) >= 11 is 1.19. The Kier molecular flexibility index (Phi) is 5.78. The van der Waals surface area contributed by atoms with Crippen molar-refractivity contribution >= 4 is 28.2 Å². The second-order valence-electron chi connectivity index (χ2n) is 9.65. The number of carbonyl (C=O) groups excluding carboxylic acids is 1. The fraction of sp³-hybridized carbons (Fsp3) is 0.609. The molecular formula is C23H30FN5O3S. The molecule has 2 aromatic rings. The molecule has 2 saturated heterocycles. The number of amides is 1. The Hall–Kier alpha value is -2.30. The number of fused-ring (bicyclic) bond motifs is 1. The lowest BCUT2D eigenvalue weighted by atomic mass is 9.95. The molecule has 1 spiro atoms. The van der Waals surface area contributed by atoms with Crippen LogP contribution in [-0.4, -0.2) is 64.3 Å². The number of aromatic nitrogens is 2. The first-order chi connectivity index (χ1) is 15.7. The summed E-state index contributed by atoms with van der Waals surface area (Å²) in [4.78, 5) is 24.8. The summed E-state index contributed by atoms with van der Waals surface area (Å²) in [6.45, 7) is 10.5. The molecule has 4 atom stereocenters. The summed E-state index contributed by atoms with van der Waals surface area (Å²) in [7, 11) is 0. The highest BCUT2D eigenvalue weighted by Crippen LogP contribution is 2.44. The lowest BCUT2D eigenvalue weighted by Crippen LogP contribution is -2.45. The Morgan fingerprint density at radius 3 is 2.82 bits per heavy atom. The Morgan fingerprint density at radius 1 is 1.33 bits per heavy atom. The Morgan fingerprint density at radius 2 is 2.09 bits per heavy atom. The number of hydrogen-bond acceptors (Lipinski definition) is 8. The number of likely N-dealkylation sites (tertiary alicyclic amines) is 1. The average Bonchev–Trinajstić information content (AvgIpc) is 3.34. The summed E-state index contributed by atoms with van der Waals surface area (Å²) in [5.74, 6) is 1.04. The van der Waals surface area contributed by atoms with E-state index in [1.54, 1.807) is 0 Å². The van der Waals surface area contributed by atoms with Crippen LogP contribution in [0.3, 0.4) is 0 Å². The van der Waals surface area contributed by atoms with Crippen molar-refractivity contribution < 1.29 is 18.7 Å². The molecule has 2 aromatic heterocycles. The number of anilines is 2. The quantitative estimate of drug-likeness (QED) is 0.727. The van der Waals surface area contributed by atoms with Crippen LogP contribution in [0, 0.1) is 5.95 Å². The van der Waals surface area contributed by atoms with Gasteiger partial charge in [-0.2, -0.15) is 9.37 Å². The van der Waals surface area contributed by atoms with Crippen molar-refractivity contribution in [1.29, 1.82) is 0 Å². The fourth-order valence-electron chi connectivity index (χ4n) is 5.35. The van der Waals surface area contributed by atoms with Crippen LogP contribution in [0.4, 0.5) is 15.3 Å². The fourth-order valence-corrected chi connectivity index (χ4v) is 6.26. The Labute approximate surface area is 197 Å². The lowest BCUT2D eigenvalue weighted by molar-refractivity contribution is -0.114. The summed E-state index contributed by atoms with van der Waals surface area (Å²) in [5, 5.41) is 2.86. The first-order valence-corrected chi connectivity index (χ1v) is 12.3. The number of nitrogens with zero attached hydrogens (tertiary/aromatic N) is 4. The van der Waals surface area contributed by atoms with Gasteiger partial charge in [-0.25, -0.2) is 4.98 Å². The van der Waals surface area contributed by atoms with Gasteiger partial charge in [-0.15, -0.1) is 0 Å². The maximum absolute atomic E-state index is 14.4. The summed E-state index contributed by atoms with van der Waals surface area (Å²) < 4.78 is 26.7. The first-order valence-electron chi connectivity index (χ1n) is 11.4. The predicted octanol–water partition coefficient (Wildman–Crippen LogP) is 3.22. The van der Waals surface area contributed by atoms with E-state index in [-0.39, 0.29) is 29.8 Å². The number of thiazole rings is 1. The zero-order valence-corrected chi connectivity index (χ0v) is 20.2. The molecule has 0 saturated carbocycles. The maximum Gasteiger partial charge on any atom is 0.230 e. The van der Waals surface area contributed by atoms with Gasteiger partial charge in [0.15, 0.2) is 5.13 Å². The van der Waals surface area contributed by atoms with Crippen molar-refractivity contribution in [2.45, 2.75) is 70.9 Å². The van der Waals surface area contributed by atoms with Crippen LogP contribution in [0.5, 0.6) is 5.75 Å². The monoisotopic (exact) mass is 475 g/mol. The van der Waals surface area contributed by atoms with Crippen LogP contribution in [-0.2, 0) is 22.5 Å². The van der Waals surface area contributed by atoms with Crippen LogP contribution in [0.25, 0.3) is 0 Å². The normalized spacial score (nSPS) is 29.4. The summed E-state index contributed by atoms with van der Waals surface area (Å²) in [6, 6.07) is 2.39. The second kappa shape index (κ2) is 8.48. The van der Waals surface area contributed by atoms with Crippen molar-refractivity contribution in [1.82, 2.24) is 14.9 Å². The highest BCUT2D eigenvalue weighted by molar-refractivity contribution is 7.15. The smallest absolute Gasteiger partial charge is 0.230 e. The first kappa shape index (κ1) is 22.5. The standard InChI is InChI=1S/C23H30FN5O3S/c1-13-6-23(12-29(13)11-19-21(24)27-22(33-19)26-16(4)30)7-17-5-20(25-8-18(17)32-23)28-9-14(2)31-15(3)10-28/h5,8,13-15H,6-7,9-12H2,1-4H3,(H,26,27,30)/t13-,14+,15+,23-/m0/s1. The molecule has 0 unspecified atom stereocenters. The van der Waals surface area contributed by atoms with Gasteiger partial charge in [0.25, 0.3) is 0 Å². The molecule has 0 bridgehead atoms. The molecule has 33 heavy (non-hydrogen) atoms. The molecule has 5 heterocycles. The average molecular weight is 476 g/mol. The number of rotatable bonds is 4. The molecule has 178 valence electrons. The molecule has 0 radical (unpaired) electrons. The predicted molar refractivity (Wildman–Crippen MR) is 124 cm³/mol. The molecule has 5 rings (SSSR count). The maximum atomic E-state index is 14.4. The molecule has 0 aromatic carbocycles. The summed E-state index contributed by atoms with van der Waals surface area (Å²) in [6.07, 6.45) is 3.88. The van der Waals surface area contributed by atoms with E-state index in [4.69, 9.17) is 9.47 Å². The highest BCUT2D eigenvalue weighted by atomic mass is 32.1. The number of ether oxygens (including phenoxy) is 2. The molecule has 3 aliphatic heterocycles. The van der Waals surface area contributed by atoms with Gasteiger partial charge in [0.05, 0.1) is 23.3 Å². The number of pyridine rings is 1. The SMILES string of the molecule is CC(=O)Nc1nc(F)c(CN2C[C@@]3(Cc4cc(N5C[C@@H](C)O[C@H](C)C5)ncc4O3)C[C@@H]2C)s1. The van der Waals surface area contributed by atoms with E-state index in [0.29, 0.717) is 23.1 Å². The molecule has 0 aliphatic carbocycles. The van der Waals surface area contributed by atoms with Gasteiger partial charge in [0, 0.05) is 57.5 Å². The molecule has 8 nitrogen and oxygen atoms in total. The number of halogens is 1.